The van der Waals surface area contributed by atoms with Crippen LogP contribution < -0.4 is 0 Å². The molecule has 1 N–H and O–H groups in total. The zero-order valence-electron chi connectivity index (χ0n) is 7.83. The number of hydrogen-bond donors (Lipinski definition) is 1. The molecule has 0 aromatic carbocycles. The van der Waals surface area contributed by atoms with E-state index in [0.29, 0.717) is 12.4 Å². The molecule has 0 fully saturated rings. The molecule has 1 rings (SSSR count). The second-order valence-electron chi connectivity index (χ2n) is 2.53. The zero-order valence-corrected chi connectivity index (χ0v) is 7.83. The Hall–Kier alpha value is -1.39. The quantitative estimate of drug-likeness (QED) is 0.689. The third-order valence-electron chi connectivity index (χ3n) is 1.51. The molecule has 1 aromatic heterocycles. The zero-order chi connectivity index (χ0) is 9.68. The van der Waals surface area contributed by atoms with Crippen molar-refractivity contribution in [2.75, 3.05) is 6.61 Å². The molecule has 0 aliphatic rings. The molecule has 5 heteroatoms. The number of aromatic amines is 1. The first kappa shape index (κ1) is 9.70. The lowest BCUT2D eigenvalue weighted by atomic mass is 10.4. The van der Waals surface area contributed by atoms with Gasteiger partial charge in [0.15, 0.2) is 0 Å². The summed E-state index contributed by atoms with van der Waals surface area (Å²) in [6.07, 6.45) is 0.931. The van der Waals surface area contributed by atoms with E-state index in [1.54, 1.807) is 6.92 Å². The number of aryl methyl sites for hydroxylation is 1. The Labute approximate surface area is 76.5 Å². The average Bonchev–Trinajstić information content (AvgIpc) is 2.52. The van der Waals surface area contributed by atoms with Gasteiger partial charge >= 0.3 is 5.97 Å². The van der Waals surface area contributed by atoms with Gasteiger partial charge in [-0.25, -0.2) is 4.98 Å². The molecule has 0 saturated heterocycles. The minimum absolute atomic E-state index is 0.167. The van der Waals surface area contributed by atoms with Crippen molar-refractivity contribution in [1.82, 2.24) is 15.2 Å². The van der Waals surface area contributed by atoms with E-state index in [9.17, 15) is 4.79 Å². The fourth-order valence-corrected chi connectivity index (χ4v) is 0.921. The highest BCUT2D eigenvalue weighted by Gasteiger charge is 2.07. The van der Waals surface area contributed by atoms with Gasteiger partial charge in [0.25, 0.3) is 0 Å². The molecule has 0 bridgehead atoms. The van der Waals surface area contributed by atoms with Crippen molar-refractivity contribution in [3.05, 3.63) is 11.6 Å². The summed E-state index contributed by atoms with van der Waals surface area (Å²) in [6, 6.07) is 0. The van der Waals surface area contributed by atoms with Crippen LogP contribution in [-0.2, 0) is 22.4 Å². The number of carbonyl (C=O) groups is 1. The largest absolute Gasteiger partial charge is 0.466 e. The van der Waals surface area contributed by atoms with Crippen LogP contribution in [0.5, 0.6) is 0 Å². The second-order valence-corrected chi connectivity index (χ2v) is 2.53. The van der Waals surface area contributed by atoms with Crippen molar-refractivity contribution in [2.45, 2.75) is 26.7 Å². The van der Waals surface area contributed by atoms with Crippen molar-refractivity contribution in [3.8, 4) is 0 Å². The van der Waals surface area contributed by atoms with Crippen LogP contribution in [0.15, 0.2) is 0 Å². The average molecular weight is 183 g/mol. The van der Waals surface area contributed by atoms with Gasteiger partial charge in [0.1, 0.15) is 18.1 Å². The summed E-state index contributed by atoms with van der Waals surface area (Å²) in [7, 11) is 0. The summed E-state index contributed by atoms with van der Waals surface area (Å²) in [5.74, 6) is 1.01. The molecule has 0 atom stereocenters. The first-order chi connectivity index (χ1) is 6.26. The number of nitrogens with zero attached hydrogens (tertiary/aromatic N) is 2. The van der Waals surface area contributed by atoms with Crippen LogP contribution in [0.2, 0.25) is 0 Å². The molecule has 13 heavy (non-hydrogen) atoms. The van der Waals surface area contributed by atoms with Gasteiger partial charge in [-0.1, -0.05) is 6.92 Å². The van der Waals surface area contributed by atoms with E-state index in [-0.39, 0.29) is 12.4 Å². The second kappa shape index (κ2) is 4.59. The van der Waals surface area contributed by atoms with Gasteiger partial charge in [-0.2, -0.15) is 5.10 Å². The standard InChI is InChI=1S/C8H13N3O2/c1-3-6-9-7(11-10-6)5-8(12)13-4-2/h3-5H2,1-2H3,(H,9,10,11). The highest BCUT2D eigenvalue weighted by molar-refractivity contribution is 5.71. The molecule has 0 unspecified atom stereocenters. The Kier molecular flexibility index (Phi) is 3.42. The number of rotatable bonds is 4. The number of H-pyrrole nitrogens is 1. The van der Waals surface area contributed by atoms with Crippen LogP contribution >= 0.6 is 0 Å². The van der Waals surface area contributed by atoms with E-state index in [1.807, 2.05) is 6.92 Å². The number of ether oxygens (including phenoxy) is 1. The number of carbonyl (C=O) groups excluding carboxylic acids is 1. The van der Waals surface area contributed by atoms with E-state index in [0.717, 1.165) is 12.2 Å². The van der Waals surface area contributed by atoms with Gasteiger partial charge in [0, 0.05) is 6.42 Å². The lowest BCUT2D eigenvalue weighted by molar-refractivity contribution is -0.142. The fourth-order valence-electron chi connectivity index (χ4n) is 0.921. The van der Waals surface area contributed by atoms with Crippen LogP contribution in [0.1, 0.15) is 25.5 Å². The molecule has 0 aliphatic heterocycles. The molecular weight excluding hydrogens is 170 g/mol. The molecular formula is C8H13N3O2. The summed E-state index contributed by atoms with van der Waals surface area (Å²) in [6.45, 7) is 4.13. The SMILES string of the molecule is CCOC(=O)Cc1nc(CC)n[nH]1. The van der Waals surface area contributed by atoms with E-state index in [1.165, 1.54) is 0 Å². The van der Waals surface area contributed by atoms with Crippen LogP contribution in [0.25, 0.3) is 0 Å². The number of esters is 1. The van der Waals surface area contributed by atoms with Gasteiger partial charge in [-0.05, 0) is 6.92 Å². The van der Waals surface area contributed by atoms with Gasteiger partial charge < -0.3 is 4.74 Å². The van der Waals surface area contributed by atoms with E-state index in [2.05, 4.69) is 15.2 Å². The highest BCUT2D eigenvalue weighted by Crippen LogP contribution is 1.95. The normalized spacial score (nSPS) is 10.0. The Morgan fingerprint density at radius 1 is 1.54 bits per heavy atom. The monoisotopic (exact) mass is 183 g/mol. The summed E-state index contributed by atoms with van der Waals surface area (Å²) in [4.78, 5) is 15.1. The Morgan fingerprint density at radius 2 is 2.31 bits per heavy atom. The molecule has 0 aliphatic carbocycles. The minimum atomic E-state index is -0.277. The van der Waals surface area contributed by atoms with Crippen LogP contribution in [-0.4, -0.2) is 27.8 Å². The van der Waals surface area contributed by atoms with Crippen molar-refractivity contribution < 1.29 is 9.53 Å². The van der Waals surface area contributed by atoms with Crippen LogP contribution in [0, 0.1) is 0 Å². The Bertz CT molecular complexity index is 283. The predicted octanol–water partition coefficient (Wildman–Crippen LogP) is 0.473. The topological polar surface area (TPSA) is 67.9 Å². The van der Waals surface area contributed by atoms with E-state index >= 15 is 0 Å². The minimum Gasteiger partial charge on any atom is -0.466 e. The molecule has 0 radical (unpaired) electrons. The Balaban J connectivity index is 2.49. The summed E-state index contributed by atoms with van der Waals surface area (Å²) in [5, 5.41) is 6.59. The summed E-state index contributed by atoms with van der Waals surface area (Å²) < 4.78 is 4.76. The predicted molar refractivity (Wildman–Crippen MR) is 46.1 cm³/mol. The van der Waals surface area contributed by atoms with Crippen molar-refractivity contribution >= 4 is 5.97 Å². The molecule has 72 valence electrons. The maximum atomic E-state index is 11.0. The lowest BCUT2D eigenvalue weighted by Gasteiger charge is -1.97. The van der Waals surface area contributed by atoms with Crippen molar-refractivity contribution in [1.29, 1.82) is 0 Å². The molecule has 0 spiro atoms. The number of aromatic nitrogens is 3. The lowest BCUT2D eigenvalue weighted by Crippen LogP contribution is -2.08. The van der Waals surface area contributed by atoms with Gasteiger partial charge in [0.2, 0.25) is 0 Å². The third kappa shape index (κ3) is 2.85. The first-order valence-corrected chi connectivity index (χ1v) is 4.32. The number of hydrogen-bond acceptors (Lipinski definition) is 4. The Morgan fingerprint density at radius 3 is 2.85 bits per heavy atom. The van der Waals surface area contributed by atoms with Crippen molar-refractivity contribution in [2.24, 2.45) is 0 Å². The maximum Gasteiger partial charge on any atom is 0.313 e. The molecule has 0 amide bonds. The summed E-state index contributed by atoms with van der Waals surface area (Å²) >= 11 is 0. The van der Waals surface area contributed by atoms with Crippen LogP contribution in [0.3, 0.4) is 0 Å². The molecule has 1 heterocycles. The maximum absolute atomic E-state index is 11.0. The van der Waals surface area contributed by atoms with E-state index in [4.69, 9.17) is 4.74 Å². The van der Waals surface area contributed by atoms with Gasteiger partial charge in [-0.3, -0.25) is 9.89 Å². The van der Waals surface area contributed by atoms with Crippen LogP contribution in [0.4, 0.5) is 0 Å². The summed E-state index contributed by atoms with van der Waals surface area (Å²) in [5.41, 5.74) is 0. The number of nitrogens with one attached hydrogen (secondary N) is 1. The van der Waals surface area contributed by atoms with E-state index < -0.39 is 0 Å². The highest BCUT2D eigenvalue weighted by atomic mass is 16.5. The van der Waals surface area contributed by atoms with Gasteiger partial charge in [0.05, 0.1) is 6.61 Å². The first-order valence-electron chi connectivity index (χ1n) is 4.32. The molecule has 0 saturated carbocycles. The smallest absolute Gasteiger partial charge is 0.313 e. The molecule has 5 nitrogen and oxygen atoms in total. The molecule has 1 aromatic rings. The third-order valence-corrected chi connectivity index (χ3v) is 1.51. The fraction of sp³-hybridized carbons (Fsp3) is 0.625. The van der Waals surface area contributed by atoms with Crippen molar-refractivity contribution in [3.63, 3.8) is 0 Å². The van der Waals surface area contributed by atoms with Gasteiger partial charge in [-0.15, -0.1) is 0 Å².